The average molecular weight is 808 g/mol. The second-order valence-corrected chi connectivity index (χ2v) is 13.9. The number of phenolic OH excluding ortho intramolecular Hbond substituents is 2. The number of aromatic hydroxyl groups is 2. The average Bonchev–Trinajstić information content (AvgIpc) is 3.11. The van der Waals surface area contributed by atoms with Gasteiger partial charge in [0.1, 0.15) is 23.0 Å². The first-order chi connectivity index (χ1) is 25.7. The Morgan fingerprint density at radius 3 is 1.63 bits per heavy atom. The summed E-state index contributed by atoms with van der Waals surface area (Å²) in [5.74, 6) is 1.70. The third-order valence-corrected chi connectivity index (χ3v) is 9.19. The number of carbonyl (C=O) groups is 3. The summed E-state index contributed by atoms with van der Waals surface area (Å²) in [7, 11) is 0. The van der Waals surface area contributed by atoms with E-state index in [0.29, 0.717) is 55.4 Å². The Bertz CT molecular complexity index is 1570. The van der Waals surface area contributed by atoms with Crippen molar-refractivity contribution >= 4 is 54.4 Å². The smallest absolute Gasteiger partial charge is 0.305 e. The van der Waals surface area contributed by atoms with Crippen molar-refractivity contribution in [3.05, 3.63) is 69.8 Å². The quantitative estimate of drug-likeness (QED) is 0.0263. The molecule has 3 aromatic carbocycles. The number of ketones is 2. The second kappa shape index (κ2) is 26.4. The van der Waals surface area contributed by atoms with E-state index in [9.17, 15) is 29.7 Å². The minimum Gasteiger partial charge on any atom is -0.507 e. The van der Waals surface area contributed by atoms with Gasteiger partial charge in [-0.05, 0) is 96.2 Å². The molecule has 0 fully saturated rings. The van der Waals surface area contributed by atoms with E-state index in [1.54, 1.807) is 38.1 Å². The maximum absolute atomic E-state index is 11.5. The van der Waals surface area contributed by atoms with Crippen LogP contribution < -0.4 is 9.47 Å². The molecule has 1 unspecified atom stereocenters. The first-order valence-corrected chi connectivity index (χ1v) is 20.0. The Labute approximate surface area is 337 Å². The fraction of sp³-hybridized carbons (Fsp3) is 0.500. The number of alkyl halides is 1. The summed E-state index contributed by atoms with van der Waals surface area (Å²) in [6, 6.07) is 10.4. The van der Waals surface area contributed by atoms with Crippen LogP contribution in [0.5, 0.6) is 23.0 Å². The molecule has 0 saturated carbocycles. The molecule has 0 spiro atoms. The zero-order valence-corrected chi connectivity index (χ0v) is 35.3. The molecular weight excluding hydrogens is 748 g/mol. The predicted molar refractivity (Wildman–Crippen MR) is 222 cm³/mol. The molecular formula is C42H59ClO9S2. The number of Topliss-reactive ketones (excluding diaryl/α,β-unsaturated/α-hetero) is 2. The van der Waals surface area contributed by atoms with E-state index in [1.807, 2.05) is 26.0 Å². The number of hydrogen-bond acceptors (Lipinski definition) is 11. The first-order valence-electron chi connectivity index (χ1n) is 18.6. The molecule has 0 saturated heterocycles. The van der Waals surface area contributed by atoms with Crippen LogP contribution in [0.25, 0.3) is 0 Å². The van der Waals surface area contributed by atoms with Gasteiger partial charge in [-0.3, -0.25) is 14.4 Å². The third kappa shape index (κ3) is 15.8. The van der Waals surface area contributed by atoms with Crippen LogP contribution in [0.1, 0.15) is 136 Å². The van der Waals surface area contributed by atoms with Crippen LogP contribution in [0.15, 0.2) is 46.2 Å². The van der Waals surface area contributed by atoms with Crippen LogP contribution >= 0.6 is 36.9 Å². The Hall–Kier alpha value is -3.38. The normalized spacial score (nSPS) is 11.0. The van der Waals surface area contributed by atoms with Gasteiger partial charge in [0.25, 0.3) is 0 Å². The van der Waals surface area contributed by atoms with E-state index in [1.165, 1.54) is 13.8 Å². The summed E-state index contributed by atoms with van der Waals surface area (Å²) in [4.78, 5) is 35.2. The second-order valence-electron chi connectivity index (χ2n) is 12.6. The molecule has 0 heterocycles. The highest BCUT2D eigenvalue weighted by Crippen LogP contribution is 2.37. The lowest BCUT2D eigenvalue weighted by molar-refractivity contribution is -0.143. The van der Waals surface area contributed by atoms with E-state index in [4.69, 9.17) is 25.8 Å². The molecule has 12 heteroatoms. The third-order valence-electron chi connectivity index (χ3n) is 8.09. The van der Waals surface area contributed by atoms with Crippen molar-refractivity contribution < 1.29 is 43.9 Å². The van der Waals surface area contributed by atoms with Crippen molar-refractivity contribution in [1.82, 2.24) is 0 Å². The van der Waals surface area contributed by atoms with Gasteiger partial charge < -0.3 is 29.5 Å². The van der Waals surface area contributed by atoms with E-state index in [0.717, 1.165) is 82.7 Å². The van der Waals surface area contributed by atoms with Crippen LogP contribution in [0.3, 0.4) is 0 Å². The number of hydrogen-bond donors (Lipinski definition) is 5. The Morgan fingerprint density at radius 2 is 1.20 bits per heavy atom. The summed E-state index contributed by atoms with van der Waals surface area (Å²) in [6.45, 7) is 13.8. The zero-order chi connectivity index (χ0) is 40.8. The number of benzene rings is 3. The highest BCUT2D eigenvalue weighted by Gasteiger charge is 2.19. The summed E-state index contributed by atoms with van der Waals surface area (Å²) < 4.78 is 16.8. The van der Waals surface area contributed by atoms with Crippen molar-refractivity contribution in [3.8, 4) is 23.0 Å². The van der Waals surface area contributed by atoms with Gasteiger partial charge in [-0.15, -0.1) is 36.9 Å². The molecule has 300 valence electrons. The molecule has 0 aliphatic heterocycles. The van der Waals surface area contributed by atoms with Gasteiger partial charge in [0.15, 0.2) is 11.6 Å². The Morgan fingerprint density at radius 1 is 0.722 bits per heavy atom. The molecule has 0 aliphatic carbocycles. The van der Waals surface area contributed by atoms with Crippen molar-refractivity contribution in [1.29, 1.82) is 0 Å². The highest BCUT2D eigenvalue weighted by molar-refractivity contribution is 7.80. The number of thiol groups is 2. The molecule has 3 rings (SSSR count). The number of halogens is 1. The predicted octanol–water partition coefficient (Wildman–Crippen LogP) is 10.1. The number of phenols is 2. The van der Waals surface area contributed by atoms with Crippen LogP contribution in [0.2, 0.25) is 0 Å². The number of ether oxygens (including phenoxy) is 3. The molecule has 3 aromatic rings. The number of carbonyl (C=O) groups excluding carboxylic acids is 3. The zero-order valence-electron chi connectivity index (χ0n) is 32.8. The minimum absolute atomic E-state index is 0.0897. The number of esters is 1. The van der Waals surface area contributed by atoms with Crippen LogP contribution in [-0.4, -0.2) is 58.6 Å². The Balaban J connectivity index is 0.000000440. The maximum Gasteiger partial charge on any atom is 0.305 e. The SMILES string of the molecule is CCCc1c(OCCCCl)ccc(C(C)O)c1OCCCC(=O)OCC.CCCc1c(S)ccc(C(C)=O)c1O.CCCc1c(S)ccc(C(C)=O)c1O. The van der Waals surface area contributed by atoms with Crippen molar-refractivity contribution in [2.24, 2.45) is 0 Å². The number of aliphatic hydroxyl groups is 1. The standard InChI is InChI=1S/C20H31ClO5.2C11H14O2S/c1-4-8-17-18(25-14-7-12-21)11-10-16(15(3)22)20(17)26-13-6-9-19(23)24-5-2;2*1-3-4-9-10(14)6-5-8(7(2)12)11(9)13/h10-11,15,22H,4-9,12-14H2,1-3H3;2*5-6,13-14H,3-4H2,1-2H3. The van der Waals surface area contributed by atoms with Gasteiger partial charge in [-0.1, -0.05) is 40.0 Å². The summed E-state index contributed by atoms with van der Waals surface area (Å²) in [5.41, 5.74) is 3.98. The monoisotopic (exact) mass is 806 g/mol. The van der Waals surface area contributed by atoms with Gasteiger partial charge >= 0.3 is 5.97 Å². The molecule has 0 aromatic heterocycles. The largest absolute Gasteiger partial charge is 0.507 e. The molecule has 0 bridgehead atoms. The van der Waals surface area contributed by atoms with Crippen molar-refractivity contribution in [2.45, 2.75) is 122 Å². The topological polar surface area (TPSA) is 140 Å². The number of rotatable bonds is 19. The summed E-state index contributed by atoms with van der Waals surface area (Å²) >= 11 is 14.2. The molecule has 0 radical (unpaired) electrons. The minimum atomic E-state index is -0.650. The molecule has 9 nitrogen and oxygen atoms in total. The number of aliphatic hydroxyl groups excluding tert-OH is 1. The van der Waals surface area contributed by atoms with Crippen molar-refractivity contribution in [3.63, 3.8) is 0 Å². The lowest BCUT2D eigenvalue weighted by atomic mass is 10.0. The van der Waals surface area contributed by atoms with Crippen LogP contribution in [0, 0.1) is 0 Å². The van der Waals surface area contributed by atoms with Crippen LogP contribution in [-0.2, 0) is 28.8 Å². The summed E-state index contributed by atoms with van der Waals surface area (Å²) in [6.07, 6.45) is 6.01. The molecule has 3 N–H and O–H groups in total. The highest BCUT2D eigenvalue weighted by atomic mass is 35.5. The van der Waals surface area contributed by atoms with Crippen LogP contribution in [0.4, 0.5) is 0 Å². The molecule has 54 heavy (non-hydrogen) atoms. The summed E-state index contributed by atoms with van der Waals surface area (Å²) in [5, 5.41) is 29.7. The van der Waals surface area contributed by atoms with Gasteiger partial charge in [-0.2, -0.15) is 0 Å². The lowest BCUT2D eigenvalue weighted by Crippen LogP contribution is -2.10. The van der Waals surface area contributed by atoms with E-state index < -0.39 is 6.10 Å². The fourth-order valence-corrected chi connectivity index (χ4v) is 6.12. The molecule has 1 atom stereocenters. The Kier molecular flexibility index (Phi) is 23.8. The van der Waals surface area contributed by atoms with Gasteiger partial charge in [0, 0.05) is 44.3 Å². The van der Waals surface area contributed by atoms with E-state index in [-0.39, 0.29) is 29.0 Å². The molecule has 0 amide bonds. The van der Waals surface area contributed by atoms with Gasteiger partial charge in [0.05, 0.1) is 37.1 Å². The lowest BCUT2D eigenvalue weighted by Gasteiger charge is -2.20. The molecule has 0 aliphatic rings. The maximum atomic E-state index is 11.5. The fourth-order valence-electron chi connectivity index (χ4n) is 5.42. The van der Waals surface area contributed by atoms with Crippen molar-refractivity contribution in [2.75, 3.05) is 25.7 Å². The van der Waals surface area contributed by atoms with Gasteiger partial charge in [-0.25, -0.2) is 0 Å². The van der Waals surface area contributed by atoms with E-state index in [2.05, 4.69) is 32.2 Å². The van der Waals surface area contributed by atoms with E-state index >= 15 is 0 Å². The van der Waals surface area contributed by atoms with Gasteiger partial charge in [0.2, 0.25) is 0 Å². The first kappa shape index (κ1) is 48.6.